The highest BCUT2D eigenvalue weighted by molar-refractivity contribution is 7.17. The number of hydrogen-bond acceptors (Lipinski definition) is 6. The Bertz CT molecular complexity index is 1020. The summed E-state index contributed by atoms with van der Waals surface area (Å²) in [5, 5.41) is 15.5. The van der Waals surface area contributed by atoms with E-state index in [0.29, 0.717) is 16.4 Å². The van der Waals surface area contributed by atoms with Gasteiger partial charge in [-0.2, -0.15) is 4.80 Å². The quantitative estimate of drug-likeness (QED) is 0.699. The number of tetrazole rings is 1. The number of nitrogens with zero attached hydrogens (tertiary/aromatic N) is 4. The van der Waals surface area contributed by atoms with E-state index in [0.717, 1.165) is 40.8 Å². The summed E-state index contributed by atoms with van der Waals surface area (Å²) in [6, 6.07) is 7.74. The van der Waals surface area contributed by atoms with Gasteiger partial charge in [0.25, 0.3) is 5.91 Å². The highest BCUT2D eigenvalue weighted by Crippen LogP contribution is 2.38. The van der Waals surface area contributed by atoms with Crippen molar-refractivity contribution in [2.24, 2.45) is 5.73 Å². The number of carbonyl (C=O) groups excluding carboxylic acids is 2. The van der Waals surface area contributed by atoms with Gasteiger partial charge in [-0.3, -0.25) is 9.59 Å². The van der Waals surface area contributed by atoms with Gasteiger partial charge in [-0.05, 0) is 37.0 Å². The summed E-state index contributed by atoms with van der Waals surface area (Å²) in [5.41, 5.74) is 8.90. The number of benzene rings is 1. The molecule has 27 heavy (non-hydrogen) atoms. The largest absolute Gasteiger partial charge is 0.365 e. The zero-order valence-corrected chi connectivity index (χ0v) is 15.5. The number of nitrogens with one attached hydrogen (secondary N) is 1. The summed E-state index contributed by atoms with van der Waals surface area (Å²) in [7, 11) is 0. The zero-order chi connectivity index (χ0) is 19.0. The highest BCUT2D eigenvalue weighted by Gasteiger charge is 2.26. The number of rotatable bonds is 5. The third-order valence-electron chi connectivity index (χ3n) is 4.47. The molecule has 1 aliphatic rings. The summed E-state index contributed by atoms with van der Waals surface area (Å²) in [6.45, 7) is 1.90. The molecule has 0 bridgehead atoms. The van der Waals surface area contributed by atoms with Crippen LogP contribution in [-0.4, -0.2) is 32.0 Å². The van der Waals surface area contributed by atoms with E-state index in [1.165, 1.54) is 16.1 Å². The van der Waals surface area contributed by atoms with Crippen LogP contribution in [0, 0.1) is 6.92 Å². The predicted molar refractivity (Wildman–Crippen MR) is 101 cm³/mol. The van der Waals surface area contributed by atoms with Crippen molar-refractivity contribution in [2.45, 2.75) is 32.7 Å². The van der Waals surface area contributed by atoms with Gasteiger partial charge in [-0.1, -0.05) is 29.8 Å². The topological polar surface area (TPSA) is 116 Å². The van der Waals surface area contributed by atoms with Crippen LogP contribution in [0.2, 0.25) is 0 Å². The Morgan fingerprint density at radius 1 is 1.26 bits per heavy atom. The van der Waals surface area contributed by atoms with Gasteiger partial charge in [0, 0.05) is 10.4 Å². The second-order valence-electron chi connectivity index (χ2n) is 6.48. The summed E-state index contributed by atoms with van der Waals surface area (Å²) >= 11 is 1.42. The molecule has 2 amide bonds. The summed E-state index contributed by atoms with van der Waals surface area (Å²) in [5.74, 6) is -0.383. The summed E-state index contributed by atoms with van der Waals surface area (Å²) in [6.07, 6.45) is 2.76. The van der Waals surface area contributed by atoms with E-state index < -0.39 is 5.91 Å². The minimum atomic E-state index is -0.509. The molecule has 3 aromatic rings. The van der Waals surface area contributed by atoms with E-state index in [-0.39, 0.29) is 12.5 Å². The van der Waals surface area contributed by atoms with Crippen LogP contribution in [0.5, 0.6) is 0 Å². The van der Waals surface area contributed by atoms with Gasteiger partial charge in [0.1, 0.15) is 11.5 Å². The standard InChI is InChI=1S/C18H18N6O2S/c1-10-5-7-11(8-6-10)17-21-23-24(22-17)9-14(25)20-18-15(16(19)26)12-3-2-4-13(12)27-18/h5-8H,2-4,9H2,1H3,(H2,19,26)(H,20,25). The van der Waals surface area contributed by atoms with E-state index in [2.05, 4.69) is 20.7 Å². The molecule has 8 nitrogen and oxygen atoms in total. The Morgan fingerprint density at radius 2 is 2.04 bits per heavy atom. The smallest absolute Gasteiger partial charge is 0.251 e. The maximum absolute atomic E-state index is 12.4. The first-order chi connectivity index (χ1) is 13.0. The predicted octanol–water partition coefficient (Wildman–Crippen LogP) is 1.94. The lowest BCUT2D eigenvalue weighted by atomic mass is 10.1. The van der Waals surface area contributed by atoms with Crippen molar-refractivity contribution >= 4 is 28.2 Å². The van der Waals surface area contributed by atoms with Crippen molar-refractivity contribution in [3.05, 3.63) is 45.8 Å². The molecule has 0 radical (unpaired) electrons. The molecular formula is C18H18N6O2S. The SMILES string of the molecule is Cc1ccc(-c2nnn(CC(=O)Nc3sc4c(c3C(N)=O)CCC4)n2)cc1. The lowest BCUT2D eigenvalue weighted by Crippen LogP contribution is -2.22. The lowest BCUT2D eigenvalue weighted by molar-refractivity contribution is -0.117. The molecule has 0 fully saturated rings. The Morgan fingerprint density at radius 3 is 2.78 bits per heavy atom. The van der Waals surface area contributed by atoms with Gasteiger partial charge in [0.2, 0.25) is 11.7 Å². The minimum Gasteiger partial charge on any atom is -0.365 e. The maximum Gasteiger partial charge on any atom is 0.251 e. The molecule has 1 aliphatic carbocycles. The number of nitrogens with two attached hydrogens (primary N) is 1. The van der Waals surface area contributed by atoms with Gasteiger partial charge in [-0.25, -0.2) is 0 Å². The molecule has 138 valence electrons. The van der Waals surface area contributed by atoms with Gasteiger partial charge in [-0.15, -0.1) is 21.5 Å². The molecule has 0 spiro atoms. The number of thiophene rings is 1. The normalized spacial score (nSPS) is 12.8. The molecule has 2 heterocycles. The number of anilines is 1. The van der Waals surface area contributed by atoms with E-state index in [1.54, 1.807) is 0 Å². The van der Waals surface area contributed by atoms with Gasteiger partial charge in [0.15, 0.2) is 0 Å². The van der Waals surface area contributed by atoms with Gasteiger partial charge in [0.05, 0.1) is 5.56 Å². The van der Waals surface area contributed by atoms with Crippen molar-refractivity contribution in [1.82, 2.24) is 20.2 Å². The summed E-state index contributed by atoms with van der Waals surface area (Å²) < 4.78 is 0. The molecule has 0 atom stereocenters. The fourth-order valence-corrected chi connectivity index (χ4v) is 4.49. The average Bonchev–Trinajstić information content (AvgIpc) is 3.31. The van der Waals surface area contributed by atoms with E-state index in [4.69, 9.17) is 5.73 Å². The van der Waals surface area contributed by atoms with Crippen LogP contribution in [0.4, 0.5) is 5.00 Å². The first kappa shape index (κ1) is 17.3. The van der Waals surface area contributed by atoms with Gasteiger partial charge >= 0.3 is 0 Å². The molecule has 0 unspecified atom stereocenters. The molecule has 0 saturated heterocycles. The molecule has 0 saturated carbocycles. The summed E-state index contributed by atoms with van der Waals surface area (Å²) in [4.78, 5) is 26.5. The van der Waals surface area contributed by atoms with Crippen molar-refractivity contribution in [3.8, 4) is 11.4 Å². The van der Waals surface area contributed by atoms with E-state index in [1.807, 2.05) is 31.2 Å². The molecule has 1 aromatic carbocycles. The maximum atomic E-state index is 12.4. The zero-order valence-electron chi connectivity index (χ0n) is 14.7. The third kappa shape index (κ3) is 3.45. The van der Waals surface area contributed by atoms with Crippen molar-refractivity contribution in [1.29, 1.82) is 0 Å². The molecule has 9 heteroatoms. The fourth-order valence-electron chi connectivity index (χ4n) is 3.18. The Kier molecular flexibility index (Phi) is 4.44. The number of aromatic nitrogens is 4. The fraction of sp³-hybridized carbons (Fsp3) is 0.278. The Hall–Kier alpha value is -3.07. The van der Waals surface area contributed by atoms with Crippen LogP contribution in [0.1, 0.15) is 32.8 Å². The number of carbonyl (C=O) groups is 2. The van der Waals surface area contributed by atoms with Crippen molar-refractivity contribution < 1.29 is 9.59 Å². The molecule has 4 rings (SSSR count). The van der Waals surface area contributed by atoms with Crippen LogP contribution in [0.15, 0.2) is 24.3 Å². The molecule has 2 aromatic heterocycles. The van der Waals surface area contributed by atoms with E-state index in [9.17, 15) is 9.59 Å². The number of hydrogen-bond donors (Lipinski definition) is 2. The molecule has 0 aliphatic heterocycles. The molecule has 3 N–H and O–H groups in total. The first-order valence-electron chi connectivity index (χ1n) is 8.60. The van der Waals surface area contributed by atoms with Crippen LogP contribution >= 0.6 is 11.3 Å². The second-order valence-corrected chi connectivity index (χ2v) is 7.59. The highest BCUT2D eigenvalue weighted by atomic mass is 32.1. The molecular weight excluding hydrogens is 364 g/mol. The van der Waals surface area contributed by atoms with E-state index >= 15 is 0 Å². The number of amides is 2. The lowest BCUT2D eigenvalue weighted by Gasteiger charge is -2.05. The number of primary amides is 1. The van der Waals surface area contributed by atoms with Crippen LogP contribution < -0.4 is 11.1 Å². The third-order valence-corrected chi connectivity index (χ3v) is 5.68. The number of aryl methyl sites for hydroxylation is 2. The first-order valence-corrected chi connectivity index (χ1v) is 9.42. The average molecular weight is 382 g/mol. The minimum absolute atomic E-state index is 0.0976. The van der Waals surface area contributed by atoms with Crippen LogP contribution in [0.3, 0.4) is 0 Å². The Balaban J connectivity index is 1.48. The van der Waals surface area contributed by atoms with Crippen molar-refractivity contribution in [2.75, 3.05) is 5.32 Å². The second kappa shape index (κ2) is 6.92. The van der Waals surface area contributed by atoms with Crippen LogP contribution in [0.25, 0.3) is 11.4 Å². The number of fused-ring (bicyclic) bond motifs is 1. The van der Waals surface area contributed by atoms with Crippen LogP contribution in [-0.2, 0) is 24.2 Å². The monoisotopic (exact) mass is 382 g/mol. The van der Waals surface area contributed by atoms with Crippen molar-refractivity contribution in [3.63, 3.8) is 0 Å². The Labute approximate surface area is 159 Å². The van der Waals surface area contributed by atoms with Gasteiger partial charge < -0.3 is 11.1 Å².